The van der Waals surface area contributed by atoms with Gasteiger partial charge in [-0.1, -0.05) is 11.6 Å². The van der Waals surface area contributed by atoms with Crippen LogP contribution in [-0.4, -0.2) is 46.8 Å². The van der Waals surface area contributed by atoms with Gasteiger partial charge in [-0.05, 0) is 6.92 Å². The lowest BCUT2D eigenvalue weighted by molar-refractivity contribution is -0.498. The average molecular weight is 397 g/mol. The number of nitrogens with zero attached hydrogens (tertiary/aromatic N) is 2. The van der Waals surface area contributed by atoms with Gasteiger partial charge in [-0.2, -0.15) is 52.7 Å². The largest absolute Gasteiger partial charge is 0.490 e. The molecule has 0 radical (unpaired) electrons. The first-order valence-corrected chi connectivity index (χ1v) is 5.29. The lowest BCUT2D eigenvalue weighted by Crippen LogP contribution is -2.57. The van der Waals surface area contributed by atoms with Crippen LogP contribution in [0, 0.1) is 0 Å². The topological polar surface area (TPSA) is 15.7 Å². The van der Waals surface area contributed by atoms with E-state index in [0.29, 0.717) is 0 Å². The van der Waals surface area contributed by atoms with Crippen molar-refractivity contribution < 1.29 is 57.5 Å². The molecule has 0 N–H and O–H groups in total. The average Bonchev–Trinajstić information content (AvgIpc) is 2.16. The van der Waals surface area contributed by atoms with E-state index in [9.17, 15) is 52.7 Å². The zero-order valence-electron chi connectivity index (χ0n) is 10.4. The van der Waals surface area contributed by atoms with Gasteiger partial charge in [0.2, 0.25) is 0 Å². The molecule has 23 heavy (non-hydrogen) atoms. The van der Waals surface area contributed by atoms with Crippen molar-refractivity contribution in [2.24, 2.45) is 0 Å². The Kier molecular flexibility index (Phi) is 6.14. The highest BCUT2D eigenvalue weighted by molar-refractivity contribution is 6.22. The highest BCUT2D eigenvalue weighted by atomic mass is 35.5. The fourth-order valence-electron chi connectivity index (χ4n) is 1.07. The molecule has 0 aliphatic rings. The van der Waals surface area contributed by atoms with Crippen molar-refractivity contribution in [1.82, 2.24) is 9.96 Å². The summed E-state index contributed by atoms with van der Waals surface area (Å²) in [6.45, 7) is -2.65. The van der Waals surface area contributed by atoms with E-state index < -0.39 is 46.8 Å². The molecule has 0 amide bonds. The molecular formula is C7H5ClF12N2O. The summed E-state index contributed by atoms with van der Waals surface area (Å²) < 4.78 is 146. The Balaban J connectivity index is 5.47. The zero-order chi connectivity index (χ0) is 19.1. The van der Waals surface area contributed by atoms with Crippen LogP contribution in [-0.2, 0) is 4.84 Å². The smallest absolute Gasteiger partial charge is 0.260 e. The Morgan fingerprint density at radius 2 is 1.00 bits per heavy atom. The third-order valence-corrected chi connectivity index (χ3v) is 1.98. The molecule has 0 fully saturated rings. The number of rotatable bonds is 4. The van der Waals surface area contributed by atoms with E-state index in [1.165, 1.54) is 0 Å². The third kappa shape index (κ3) is 7.17. The second-order valence-electron chi connectivity index (χ2n) is 3.94. The molecule has 0 aliphatic heterocycles. The fourth-order valence-corrected chi connectivity index (χ4v) is 1.26. The second kappa shape index (κ2) is 6.33. The Labute approximate surface area is 124 Å². The molecule has 0 heterocycles. The molecular weight excluding hydrogens is 392 g/mol. The summed E-state index contributed by atoms with van der Waals surface area (Å²) in [4.78, 5) is 0.759. The maximum atomic E-state index is 12.2. The number of hydrogen-bond donors (Lipinski definition) is 0. The molecule has 0 saturated heterocycles. The maximum absolute atomic E-state index is 12.2. The Morgan fingerprint density at radius 1 is 0.696 bits per heavy atom. The van der Waals surface area contributed by atoms with Crippen molar-refractivity contribution >= 4 is 11.6 Å². The maximum Gasteiger partial charge on any atom is 0.490 e. The molecule has 1 unspecified atom stereocenters. The van der Waals surface area contributed by atoms with Crippen LogP contribution in [0.3, 0.4) is 0 Å². The van der Waals surface area contributed by atoms with E-state index in [0.717, 1.165) is 0 Å². The highest BCUT2D eigenvalue weighted by Crippen LogP contribution is 2.40. The second-order valence-corrected chi connectivity index (χ2v) is 4.74. The first-order chi connectivity index (χ1) is 9.68. The van der Waals surface area contributed by atoms with Gasteiger partial charge in [-0.3, -0.25) is 4.84 Å². The van der Waals surface area contributed by atoms with E-state index in [-0.39, 0.29) is 6.92 Å². The molecule has 0 aromatic rings. The van der Waals surface area contributed by atoms with Crippen molar-refractivity contribution in [3.63, 3.8) is 0 Å². The predicted molar refractivity (Wildman–Crippen MR) is 48.1 cm³/mol. The van der Waals surface area contributed by atoms with Crippen molar-refractivity contribution in [2.75, 3.05) is 6.54 Å². The van der Waals surface area contributed by atoms with Gasteiger partial charge >= 0.3 is 25.2 Å². The highest BCUT2D eigenvalue weighted by Gasteiger charge is 2.61. The summed E-state index contributed by atoms with van der Waals surface area (Å²) in [7, 11) is 0. The summed E-state index contributed by atoms with van der Waals surface area (Å²) >= 11 is 4.84. The molecule has 140 valence electrons. The molecule has 0 aromatic carbocycles. The third-order valence-electron chi connectivity index (χ3n) is 1.79. The summed E-state index contributed by atoms with van der Waals surface area (Å²) in [5.41, 5.74) is 0. The molecule has 3 nitrogen and oxygen atoms in total. The summed E-state index contributed by atoms with van der Waals surface area (Å²) in [5.74, 6) is 0. The molecule has 0 saturated carbocycles. The zero-order valence-corrected chi connectivity index (χ0v) is 11.2. The van der Waals surface area contributed by atoms with Crippen molar-refractivity contribution in [3.8, 4) is 0 Å². The standard InChI is InChI=1S/C7H5ClF12N2O/c1-3(8,2-21(4(9,10)11)5(12,13)14)23-22(6(15,16)17)7(18,19)20/h2H2,1H3. The summed E-state index contributed by atoms with van der Waals surface area (Å²) in [6.07, 6.45) is -25.0. The number of alkyl halides is 13. The molecule has 1 atom stereocenters. The minimum Gasteiger partial charge on any atom is -0.260 e. The van der Waals surface area contributed by atoms with Crippen LogP contribution in [0.2, 0.25) is 0 Å². The van der Waals surface area contributed by atoms with Crippen LogP contribution in [0.25, 0.3) is 0 Å². The Bertz CT molecular complexity index is 332. The normalized spacial score (nSPS) is 17.7. The first kappa shape index (κ1) is 22.3. The van der Waals surface area contributed by atoms with Gasteiger partial charge in [0.05, 0.1) is 6.54 Å². The minimum absolute atomic E-state index is 0.0382. The lowest BCUT2D eigenvalue weighted by atomic mass is 10.3. The van der Waals surface area contributed by atoms with Gasteiger partial charge in [0.1, 0.15) is 0 Å². The SMILES string of the molecule is CC(Cl)(CN(C(F)(F)F)C(F)(F)F)ON(C(F)(F)F)C(F)(F)F. The molecule has 0 rings (SSSR count). The summed E-state index contributed by atoms with van der Waals surface area (Å²) in [5, 5.41) is -6.39. The predicted octanol–water partition coefficient (Wildman–Crippen LogP) is 4.56. The van der Waals surface area contributed by atoms with Crippen molar-refractivity contribution in [2.45, 2.75) is 37.2 Å². The minimum atomic E-state index is -6.32. The molecule has 0 aromatic heterocycles. The van der Waals surface area contributed by atoms with Crippen LogP contribution in [0.1, 0.15) is 6.92 Å². The molecule has 0 bridgehead atoms. The van der Waals surface area contributed by atoms with Crippen LogP contribution in [0.4, 0.5) is 52.7 Å². The number of hydrogen-bond acceptors (Lipinski definition) is 3. The van der Waals surface area contributed by atoms with E-state index in [2.05, 4.69) is 4.84 Å². The van der Waals surface area contributed by atoms with Crippen LogP contribution in [0.15, 0.2) is 0 Å². The van der Waals surface area contributed by atoms with Gasteiger partial charge in [0.25, 0.3) is 0 Å². The Morgan fingerprint density at radius 3 is 1.22 bits per heavy atom. The van der Waals surface area contributed by atoms with E-state index >= 15 is 0 Å². The molecule has 0 spiro atoms. The lowest BCUT2D eigenvalue weighted by Gasteiger charge is -2.36. The van der Waals surface area contributed by atoms with Gasteiger partial charge in [-0.25, -0.2) is 0 Å². The molecule has 16 heteroatoms. The molecule has 0 aliphatic carbocycles. The van der Waals surface area contributed by atoms with E-state index in [1.54, 1.807) is 0 Å². The van der Waals surface area contributed by atoms with Gasteiger partial charge in [-0.15, -0.1) is 4.90 Å². The van der Waals surface area contributed by atoms with Crippen molar-refractivity contribution in [3.05, 3.63) is 0 Å². The first-order valence-electron chi connectivity index (χ1n) is 4.91. The van der Waals surface area contributed by atoms with Crippen molar-refractivity contribution in [1.29, 1.82) is 0 Å². The van der Waals surface area contributed by atoms with Crippen LogP contribution >= 0.6 is 11.6 Å². The number of hydroxylamine groups is 2. The number of halogens is 13. The van der Waals surface area contributed by atoms with Gasteiger partial charge in [0, 0.05) is 5.06 Å². The monoisotopic (exact) mass is 396 g/mol. The Hall–Kier alpha value is -0.670. The van der Waals surface area contributed by atoms with Gasteiger partial charge in [0.15, 0.2) is 5.06 Å². The fraction of sp³-hybridized carbons (Fsp3) is 1.00. The summed E-state index contributed by atoms with van der Waals surface area (Å²) in [6, 6.07) is 0. The van der Waals surface area contributed by atoms with Crippen LogP contribution < -0.4 is 0 Å². The quantitative estimate of drug-likeness (QED) is 0.300. The van der Waals surface area contributed by atoms with E-state index in [1.807, 2.05) is 0 Å². The van der Waals surface area contributed by atoms with E-state index in [4.69, 9.17) is 11.6 Å². The van der Waals surface area contributed by atoms with Crippen LogP contribution in [0.5, 0.6) is 0 Å². The van der Waals surface area contributed by atoms with Gasteiger partial charge < -0.3 is 0 Å².